The Kier molecular flexibility index (Phi) is 4.99. The molecule has 0 heterocycles. The van der Waals surface area contributed by atoms with Crippen molar-refractivity contribution < 1.29 is 4.79 Å². The van der Waals surface area contributed by atoms with Gasteiger partial charge in [-0.05, 0) is 31.7 Å². The predicted molar refractivity (Wildman–Crippen MR) is 71.9 cm³/mol. The van der Waals surface area contributed by atoms with Gasteiger partial charge in [0, 0.05) is 13.1 Å². The molecule has 1 rings (SSSR count). The van der Waals surface area contributed by atoms with Crippen LogP contribution in [0.2, 0.25) is 0 Å². The first-order valence-electron chi connectivity index (χ1n) is 6.89. The first kappa shape index (κ1) is 14.5. The van der Waals surface area contributed by atoms with Crippen molar-refractivity contribution in [3.8, 4) is 0 Å². The molecule has 100 valence electrons. The van der Waals surface area contributed by atoms with Gasteiger partial charge in [-0.1, -0.05) is 33.6 Å². The summed E-state index contributed by atoms with van der Waals surface area (Å²) in [6, 6.07) is 0. The summed E-state index contributed by atoms with van der Waals surface area (Å²) in [4.78, 5) is 12.2. The predicted octanol–water partition coefficient (Wildman–Crippen LogP) is 2.32. The summed E-state index contributed by atoms with van der Waals surface area (Å²) < 4.78 is 0. The van der Waals surface area contributed by atoms with Crippen LogP contribution >= 0.6 is 0 Å². The third-order valence-electron chi connectivity index (χ3n) is 3.96. The molecule has 0 atom stereocenters. The molecule has 2 N–H and O–H groups in total. The van der Waals surface area contributed by atoms with Crippen molar-refractivity contribution in [1.82, 2.24) is 10.6 Å². The highest BCUT2D eigenvalue weighted by Gasteiger charge is 2.43. The molecule has 1 saturated carbocycles. The van der Waals surface area contributed by atoms with Gasteiger partial charge in [0.2, 0.25) is 5.91 Å². The largest absolute Gasteiger partial charge is 0.355 e. The van der Waals surface area contributed by atoms with Crippen LogP contribution in [-0.2, 0) is 4.79 Å². The van der Waals surface area contributed by atoms with Gasteiger partial charge in [0.15, 0.2) is 0 Å². The van der Waals surface area contributed by atoms with Crippen LogP contribution in [0.3, 0.4) is 0 Å². The maximum Gasteiger partial charge on any atom is 0.227 e. The highest BCUT2D eigenvalue weighted by molar-refractivity contribution is 5.83. The minimum atomic E-state index is -0.114. The molecule has 0 radical (unpaired) electrons. The van der Waals surface area contributed by atoms with Crippen LogP contribution in [0.4, 0.5) is 0 Å². The maximum absolute atomic E-state index is 12.2. The van der Waals surface area contributed by atoms with Crippen LogP contribution in [0, 0.1) is 10.8 Å². The van der Waals surface area contributed by atoms with Gasteiger partial charge in [-0.15, -0.1) is 0 Å². The van der Waals surface area contributed by atoms with Gasteiger partial charge in [-0.2, -0.15) is 0 Å². The normalized spacial score (nSPS) is 18.6. The van der Waals surface area contributed by atoms with E-state index in [2.05, 4.69) is 31.4 Å². The number of hydrogen-bond donors (Lipinski definition) is 2. The lowest BCUT2D eigenvalue weighted by molar-refractivity contribution is -0.136. The zero-order valence-electron chi connectivity index (χ0n) is 11.9. The molecular weight excluding hydrogens is 212 g/mol. The highest BCUT2D eigenvalue weighted by Crippen LogP contribution is 2.40. The lowest BCUT2D eigenvalue weighted by atomic mass is 9.68. The molecule has 1 aliphatic carbocycles. The SMILES string of the molecule is CCCC(C)(C)CNC(=O)C1(CNC)CCC1. The molecule has 0 saturated heterocycles. The summed E-state index contributed by atoms with van der Waals surface area (Å²) in [6.07, 6.45) is 5.59. The molecule has 17 heavy (non-hydrogen) atoms. The molecule has 3 heteroatoms. The molecule has 3 nitrogen and oxygen atoms in total. The van der Waals surface area contributed by atoms with E-state index < -0.39 is 0 Å². The van der Waals surface area contributed by atoms with Crippen molar-refractivity contribution in [2.24, 2.45) is 10.8 Å². The Labute approximate surface area is 106 Å². The molecule has 0 unspecified atom stereocenters. The van der Waals surface area contributed by atoms with E-state index in [0.29, 0.717) is 0 Å². The van der Waals surface area contributed by atoms with Crippen LogP contribution in [0.25, 0.3) is 0 Å². The maximum atomic E-state index is 12.2. The molecule has 0 aromatic heterocycles. The molecule has 0 spiro atoms. The Balaban J connectivity index is 2.43. The average molecular weight is 240 g/mol. The van der Waals surface area contributed by atoms with E-state index in [-0.39, 0.29) is 16.7 Å². The van der Waals surface area contributed by atoms with Gasteiger partial charge in [-0.3, -0.25) is 4.79 Å². The first-order valence-corrected chi connectivity index (χ1v) is 6.89. The van der Waals surface area contributed by atoms with Crippen molar-refractivity contribution in [1.29, 1.82) is 0 Å². The van der Waals surface area contributed by atoms with Crippen LogP contribution in [0.15, 0.2) is 0 Å². The third kappa shape index (κ3) is 3.70. The molecule has 1 fully saturated rings. The third-order valence-corrected chi connectivity index (χ3v) is 3.96. The fourth-order valence-corrected chi connectivity index (χ4v) is 2.70. The van der Waals surface area contributed by atoms with E-state index in [1.807, 2.05) is 7.05 Å². The zero-order chi connectivity index (χ0) is 12.9. The molecule has 0 aromatic carbocycles. The van der Waals surface area contributed by atoms with Crippen molar-refractivity contribution in [2.75, 3.05) is 20.1 Å². The smallest absolute Gasteiger partial charge is 0.227 e. The molecule has 0 bridgehead atoms. The van der Waals surface area contributed by atoms with E-state index in [4.69, 9.17) is 0 Å². The van der Waals surface area contributed by atoms with Crippen LogP contribution < -0.4 is 10.6 Å². The topological polar surface area (TPSA) is 41.1 Å². The van der Waals surface area contributed by atoms with Gasteiger partial charge in [0.1, 0.15) is 0 Å². The Hall–Kier alpha value is -0.570. The Morgan fingerprint density at radius 2 is 2.00 bits per heavy atom. The fraction of sp³-hybridized carbons (Fsp3) is 0.929. The first-order chi connectivity index (χ1) is 7.96. The second kappa shape index (κ2) is 5.85. The van der Waals surface area contributed by atoms with Crippen LogP contribution in [0.5, 0.6) is 0 Å². The Morgan fingerprint density at radius 1 is 1.35 bits per heavy atom. The van der Waals surface area contributed by atoms with Crippen molar-refractivity contribution >= 4 is 5.91 Å². The van der Waals surface area contributed by atoms with Crippen molar-refractivity contribution in [2.45, 2.75) is 52.9 Å². The lowest BCUT2D eigenvalue weighted by Crippen LogP contribution is -2.52. The number of carbonyl (C=O) groups is 1. The summed E-state index contributed by atoms with van der Waals surface area (Å²) in [6.45, 7) is 8.25. The van der Waals surface area contributed by atoms with E-state index in [0.717, 1.165) is 32.4 Å². The van der Waals surface area contributed by atoms with Crippen molar-refractivity contribution in [3.63, 3.8) is 0 Å². The van der Waals surface area contributed by atoms with E-state index in [1.165, 1.54) is 12.8 Å². The number of rotatable bonds is 7. The quantitative estimate of drug-likeness (QED) is 0.717. The molecular formula is C14H28N2O. The van der Waals surface area contributed by atoms with Gasteiger partial charge >= 0.3 is 0 Å². The molecule has 1 amide bonds. The molecule has 0 aromatic rings. The second-order valence-corrected chi connectivity index (χ2v) is 6.26. The highest BCUT2D eigenvalue weighted by atomic mass is 16.2. The zero-order valence-corrected chi connectivity index (χ0v) is 11.9. The molecule has 0 aliphatic heterocycles. The summed E-state index contributed by atoms with van der Waals surface area (Å²) in [5, 5.41) is 6.31. The van der Waals surface area contributed by atoms with Crippen molar-refractivity contribution in [3.05, 3.63) is 0 Å². The Bertz CT molecular complexity index is 257. The van der Waals surface area contributed by atoms with Gasteiger partial charge in [0.05, 0.1) is 5.41 Å². The Morgan fingerprint density at radius 3 is 2.41 bits per heavy atom. The monoisotopic (exact) mass is 240 g/mol. The number of nitrogens with one attached hydrogen (secondary N) is 2. The van der Waals surface area contributed by atoms with E-state index >= 15 is 0 Å². The minimum absolute atomic E-state index is 0.114. The fourth-order valence-electron chi connectivity index (χ4n) is 2.70. The van der Waals surface area contributed by atoms with Crippen LogP contribution in [-0.4, -0.2) is 26.0 Å². The summed E-state index contributed by atoms with van der Waals surface area (Å²) >= 11 is 0. The minimum Gasteiger partial charge on any atom is -0.355 e. The van der Waals surface area contributed by atoms with E-state index in [9.17, 15) is 4.79 Å². The van der Waals surface area contributed by atoms with Gasteiger partial charge < -0.3 is 10.6 Å². The van der Waals surface area contributed by atoms with Gasteiger partial charge in [0.25, 0.3) is 0 Å². The number of amides is 1. The lowest BCUT2D eigenvalue weighted by Gasteiger charge is -2.41. The molecule has 1 aliphatic rings. The van der Waals surface area contributed by atoms with Gasteiger partial charge in [-0.25, -0.2) is 0 Å². The summed E-state index contributed by atoms with van der Waals surface area (Å²) in [5.74, 6) is 0.252. The average Bonchev–Trinajstić information content (AvgIpc) is 2.20. The van der Waals surface area contributed by atoms with Crippen LogP contribution in [0.1, 0.15) is 52.9 Å². The summed E-state index contributed by atoms with van der Waals surface area (Å²) in [7, 11) is 1.92. The van der Waals surface area contributed by atoms with E-state index in [1.54, 1.807) is 0 Å². The standard InChI is InChI=1S/C14H28N2O/c1-5-7-13(2,3)10-16-12(17)14(11-15-4)8-6-9-14/h15H,5-11H2,1-4H3,(H,16,17). The number of carbonyl (C=O) groups excluding carboxylic acids is 1. The second-order valence-electron chi connectivity index (χ2n) is 6.26. The summed E-state index contributed by atoms with van der Waals surface area (Å²) in [5.41, 5.74) is 0.103. The number of hydrogen-bond acceptors (Lipinski definition) is 2.